The van der Waals surface area contributed by atoms with Crippen LogP contribution in [0.3, 0.4) is 0 Å². The van der Waals surface area contributed by atoms with Crippen LogP contribution in [-0.4, -0.2) is 35.2 Å². The molecule has 1 aliphatic carbocycles. The molecule has 0 spiro atoms. The average Bonchev–Trinajstić information content (AvgIpc) is 3.30. The van der Waals surface area contributed by atoms with Gasteiger partial charge in [0.1, 0.15) is 23.0 Å². The van der Waals surface area contributed by atoms with Crippen LogP contribution in [0, 0.1) is 0 Å². The molecule has 0 fully saturated rings. The lowest BCUT2D eigenvalue weighted by molar-refractivity contribution is -0.122. The van der Waals surface area contributed by atoms with Crippen LogP contribution in [0.5, 0.6) is 23.0 Å². The standard InChI is InChI=1S/C64H78N2O6/c1-61(2,3)51-31-43-27-47-35-53(63(7,8)9)37-49(59(47)71-25-23-55(67)65-39-41-19-15-13-16-20-41)29-45-33-52(62(4,5)6)34-46(58(45)70)30-50-38-54(64(10,11)12)36-48(28-44(32-51)57(43)69)60(50)72-26-24-56(68)66-40-42-21-17-14-18-22-42/h13-22,31-38,69-70H,23-30,39-40H2,1-12H3,(H,65,67)(H,66,68). The first kappa shape index (κ1) is 53.3. The highest BCUT2D eigenvalue weighted by atomic mass is 16.5. The predicted octanol–water partition coefficient (Wildman–Crippen LogP) is 13.1. The van der Waals surface area contributed by atoms with E-state index in [0.29, 0.717) is 50.3 Å². The average molecular weight is 971 g/mol. The van der Waals surface area contributed by atoms with Crippen molar-refractivity contribution in [2.75, 3.05) is 13.2 Å². The van der Waals surface area contributed by atoms with Gasteiger partial charge in [-0.05, 0) is 99.5 Å². The molecule has 8 heteroatoms. The first-order chi connectivity index (χ1) is 33.8. The third-order valence-electron chi connectivity index (χ3n) is 13.8. The highest BCUT2D eigenvalue weighted by molar-refractivity contribution is 5.76. The second-order valence-corrected chi connectivity index (χ2v) is 24.0. The molecule has 8 bridgehead atoms. The van der Waals surface area contributed by atoms with E-state index in [2.05, 4.69) is 142 Å². The summed E-state index contributed by atoms with van der Waals surface area (Å²) in [4.78, 5) is 26.6. The molecule has 0 heterocycles. The van der Waals surface area contributed by atoms with Gasteiger partial charge in [0, 0.05) is 38.8 Å². The summed E-state index contributed by atoms with van der Waals surface area (Å²) in [5.41, 5.74) is 11.9. The second-order valence-electron chi connectivity index (χ2n) is 24.0. The van der Waals surface area contributed by atoms with Gasteiger partial charge in [-0.3, -0.25) is 9.59 Å². The number of hydrogen-bond donors (Lipinski definition) is 4. The summed E-state index contributed by atoms with van der Waals surface area (Å²) < 4.78 is 13.7. The summed E-state index contributed by atoms with van der Waals surface area (Å²) in [6, 6.07) is 37.0. The number of phenolic OH excluding ortho intramolecular Hbond substituents is 2. The van der Waals surface area contributed by atoms with E-state index >= 15 is 0 Å². The van der Waals surface area contributed by atoms with Gasteiger partial charge in [-0.25, -0.2) is 0 Å². The van der Waals surface area contributed by atoms with Crippen LogP contribution in [0.15, 0.2) is 109 Å². The van der Waals surface area contributed by atoms with Gasteiger partial charge in [-0.15, -0.1) is 0 Å². The van der Waals surface area contributed by atoms with E-state index in [0.717, 1.165) is 77.9 Å². The molecule has 0 radical (unpaired) electrons. The maximum atomic E-state index is 13.3. The maximum Gasteiger partial charge on any atom is 0.223 e. The molecular formula is C64H78N2O6. The summed E-state index contributed by atoms with van der Waals surface area (Å²) in [5, 5.41) is 31.5. The molecule has 4 N–H and O–H groups in total. The Kier molecular flexibility index (Phi) is 16.0. The van der Waals surface area contributed by atoms with E-state index < -0.39 is 0 Å². The lowest BCUT2D eigenvalue weighted by atomic mass is 9.79. The van der Waals surface area contributed by atoms with Crippen LogP contribution in [-0.2, 0) is 70.0 Å². The molecule has 0 aliphatic heterocycles. The third kappa shape index (κ3) is 13.5. The summed E-state index contributed by atoms with van der Waals surface area (Å²) in [5.74, 6) is 1.48. The highest BCUT2D eigenvalue weighted by Gasteiger charge is 2.29. The number of nitrogens with one attached hydrogen (secondary N) is 2. The van der Waals surface area contributed by atoms with Crippen molar-refractivity contribution in [1.82, 2.24) is 10.6 Å². The Balaban J connectivity index is 1.40. The van der Waals surface area contributed by atoms with Crippen molar-refractivity contribution >= 4 is 11.8 Å². The van der Waals surface area contributed by atoms with Crippen LogP contribution < -0.4 is 20.1 Å². The number of carbonyl (C=O) groups is 2. The topological polar surface area (TPSA) is 117 Å². The van der Waals surface area contributed by atoms with Crippen molar-refractivity contribution in [3.05, 3.63) is 187 Å². The minimum atomic E-state index is -0.265. The molecule has 2 amide bonds. The van der Waals surface area contributed by atoms with Crippen LogP contribution in [0.25, 0.3) is 0 Å². The minimum absolute atomic E-state index is 0.115. The van der Waals surface area contributed by atoms with E-state index in [-0.39, 0.29) is 71.0 Å². The molecule has 6 aromatic carbocycles. The maximum absolute atomic E-state index is 13.3. The quantitative estimate of drug-likeness (QED) is 0.0969. The fraction of sp³-hybridized carbons (Fsp3) is 0.406. The smallest absolute Gasteiger partial charge is 0.223 e. The first-order valence-corrected chi connectivity index (χ1v) is 25.7. The summed E-state index contributed by atoms with van der Waals surface area (Å²) in [6.45, 7) is 27.4. The van der Waals surface area contributed by atoms with Crippen molar-refractivity contribution < 1.29 is 29.3 Å². The Morgan fingerprint density at radius 2 is 0.667 bits per heavy atom. The number of fused-ring (bicyclic) bond motifs is 8. The lowest BCUT2D eigenvalue weighted by Crippen LogP contribution is -2.24. The molecule has 6 aromatic rings. The second kappa shape index (κ2) is 21.7. The number of amides is 2. The van der Waals surface area contributed by atoms with Crippen molar-refractivity contribution in [1.29, 1.82) is 0 Å². The number of rotatable bonds is 12. The molecule has 8 nitrogen and oxygen atoms in total. The Morgan fingerprint density at radius 3 is 0.917 bits per heavy atom. The zero-order valence-corrected chi connectivity index (χ0v) is 45.0. The van der Waals surface area contributed by atoms with Gasteiger partial charge in [-0.1, -0.05) is 192 Å². The van der Waals surface area contributed by atoms with Gasteiger partial charge in [0.15, 0.2) is 0 Å². The molecule has 7 rings (SSSR count). The third-order valence-corrected chi connectivity index (χ3v) is 13.8. The molecule has 72 heavy (non-hydrogen) atoms. The number of aromatic hydroxyl groups is 2. The molecule has 0 atom stereocenters. The van der Waals surface area contributed by atoms with Gasteiger partial charge in [0.05, 0.1) is 26.1 Å². The fourth-order valence-corrected chi connectivity index (χ4v) is 9.28. The summed E-state index contributed by atoms with van der Waals surface area (Å²) >= 11 is 0. The van der Waals surface area contributed by atoms with E-state index in [1.54, 1.807) is 0 Å². The summed E-state index contributed by atoms with van der Waals surface area (Å²) in [6.07, 6.45) is 1.69. The van der Waals surface area contributed by atoms with E-state index in [1.807, 2.05) is 60.7 Å². The molecular weight excluding hydrogens is 893 g/mol. The van der Waals surface area contributed by atoms with Gasteiger partial charge in [0.2, 0.25) is 11.8 Å². The van der Waals surface area contributed by atoms with Crippen LogP contribution in [0.2, 0.25) is 0 Å². The Hall–Kier alpha value is -6.54. The van der Waals surface area contributed by atoms with E-state index in [9.17, 15) is 19.8 Å². The van der Waals surface area contributed by atoms with Gasteiger partial charge < -0.3 is 30.3 Å². The molecule has 1 aliphatic rings. The first-order valence-electron chi connectivity index (χ1n) is 25.7. The molecule has 0 unspecified atom stereocenters. The SMILES string of the molecule is CC(C)(C)c1cc2c(O)c(c1)Cc1cc(C(C)(C)C)cc(c1OCCC(=O)NCc1ccccc1)Cc1cc(C(C)(C)C)cc(c1O)Cc1cc(C(C)(C)C)cc(c1OCCC(=O)NCc1ccccc1)C2. The minimum Gasteiger partial charge on any atom is -0.507 e. The van der Waals surface area contributed by atoms with E-state index in [4.69, 9.17) is 9.47 Å². The monoisotopic (exact) mass is 971 g/mol. The Morgan fingerprint density at radius 1 is 0.417 bits per heavy atom. The number of phenols is 2. The fourth-order valence-electron chi connectivity index (χ4n) is 9.28. The van der Waals surface area contributed by atoms with Crippen molar-refractivity contribution in [2.24, 2.45) is 0 Å². The summed E-state index contributed by atoms with van der Waals surface area (Å²) in [7, 11) is 0. The number of hydrogen-bond acceptors (Lipinski definition) is 6. The highest BCUT2D eigenvalue weighted by Crippen LogP contribution is 2.44. The Bertz CT molecular complexity index is 2600. The number of ether oxygens (including phenoxy) is 2. The lowest BCUT2D eigenvalue weighted by Gasteiger charge is -2.28. The van der Waals surface area contributed by atoms with Gasteiger partial charge in [0.25, 0.3) is 0 Å². The van der Waals surface area contributed by atoms with Crippen molar-refractivity contribution in [2.45, 2.75) is 156 Å². The Labute approximate surface area is 429 Å². The normalized spacial score (nSPS) is 13.1. The van der Waals surface area contributed by atoms with Crippen LogP contribution in [0.1, 0.15) is 174 Å². The van der Waals surface area contributed by atoms with E-state index in [1.165, 1.54) is 0 Å². The molecule has 0 saturated heterocycles. The predicted molar refractivity (Wildman–Crippen MR) is 292 cm³/mol. The molecule has 0 saturated carbocycles. The van der Waals surface area contributed by atoms with Crippen molar-refractivity contribution in [3.8, 4) is 23.0 Å². The van der Waals surface area contributed by atoms with Gasteiger partial charge >= 0.3 is 0 Å². The van der Waals surface area contributed by atoms with Crippen molar-refractivity contribution in [3.63, 3.8) is 0 Å². The van der Waals surface area contributed by atoms with Crippen LogP contribution in [0.4, 0.5) is 0 Å². The van der Waals surface area contributed by atoms with Crippen LogP contribution >= 0.6 is 0 Å². The number of carbonyl (C=O) groups excluding carboxylic acids is 2. The zero-order valence-electron chi connectivity index (χ0n) is 45.0. The largest absolute Gasteiger partial charge is 0.507 e. The van der Waals surface area contributed by atoms with Gasteiger partial charge in [-0.2, -0.15) is 0 Å². The molecule has 380 valence electrons. The zero-order chi connectivity index (χ0) is 52.2. The molecule has 0 aromatic heterocycles. The number of benzene rings is 6.